The first-order valence-corrected chi connectivity index (χ1v) is 12.6. The van der Waals surface area contributed by atoms with Crippen molar-refractivity contribution in [1.82, 2.24) is 16.0 Å². The Hall–Kier alpha value is -2.52. The van der Waals surface area contributed by atoms with E-state index in [1.54, 1.807) is 12.5 Å². The highest BCUT2D eigenvalue weighted by atomic mass is 32.2. The molecule has 0 saturated carbocycles. The molecule has 188 valence electrons. The monoisotopic (exact) mass is 509 g/mol. The molecule has 0 fully saturated rings. The molecule has 0 heterocycles. The van der Waals surface area contributed by atoms with E-state index in [9.17, 15) is 33.9 Å². The quantitative estimate of drug-likeness (QED) is 0.110. The van der Waals surface area contributed by atoms with Crippen molar-refractivity contribution >= 4 is 59.1 Å². The summed E-state index contributed by atoms with van der Waals surface area (Å²) in [6.07, 6.45) is 2.51. The first kappa shape index (κ1) is 30.5. The lowest BCUT2D eigenvalue weighted by atomic mass is 10.1. The lowest BCUT2D eigenvalue weighted by molar-refractivity contribution is -0.142. The average Bonchev–Trinajstić information content (AvgIpc) is 2.71. The smallest absolute Gasteiger partial charge is 0.326 e. The second-order valence-corrected chi connectivity index (χ2v) is 8.93. The van der Waals surface area contributed by atoms with Crippen LogP contribution in [0.15, 0.2) is 0 Å². The number of carboxylic acid groups (broad SMARTS) is 2. The predicted octanol–water partition coefficient (Wildman–Crippen LogP) is -2.29. The highest BCUT2D eigenvalue weighted by Crippen LogP contribution is 2.06. The molecule has 33 heavy (non-hydrogen) atoms. The van der Waals surface area contributed by atoms with E-state index in [0.717, 1.165) is 0 Å². The minimum atomic E-state index is -1.48. The number of nitrogens with one attached hydrogen (secondary N) is 3. The van der Waals surface area contributed by atoms with E-state index in [1.807, 2.05) is 0 Å². The standard InChI is InChI=1S/C18H31N5O8S2/c1-32-5-3-10(21-15(27)9(19)7-14(25)26)16(28)23-12(8-13(20)24)17(29)22-11(18(30)31)4-6-33-2/h9-12H,3-8,19H2,1-2H3,(H2,20,24)(H,21,27)(H,22,29)(H,23,28)(H,25,26)(H,30,31). The number of hydrogen-bond acceptors (Lipinski definition) is 9. The molecule has 0 radical (unpaired) electrons. The maximum absolute atomic E-state index is 12.8. The van der Waals surface area contributed by atoms with Gasteiger partial charge in [-0.1, -0.05) is 0 Å². The van der Waals surface area contributed by atoms with Crippen molar-refractivity contribution in [2.24, 2.45) is 11.5 Å². The molecule has 0 saturated heterocycles. The Bertz CT molecular complexity index is 724. The number of thioether (sulfide) groups is 2. The molecule has 4 unspecified atom stereocenters. The van der Waals surface area contributed by atoms with Crippen LogP contribution in [0, 0.1) is 0 Å². The number of carboxylic acids is 2. The van der Waals surface area contributed by atoms with E-state index in [0.29, 0.717) is 11.5 Å². The lowest BCUT2D eigenvalue weighted by Crippen LogP contribution is -2.58. The summed E-state index contributed by atoms with van der Waals surface area (Å²) in [5.41, 5.74) is 10.7. The van der Waals surface area contributed by atoms with Gasteiger partial charge < -0.3 is 37.6 Å². The maximum Gasteiger partial charge on any atom is 0.326 e. The van der Waals surface area contributed by atoms with Gasteiger partial charge in [0, 0.05) is 0 Å². The molecule has 0 aromatic heterocycles. The van der Waals surface area contributed by atoms with Crippen molar-refractivity contribution in [3.05, 3.63) is 0 Å². The Balaban J connectivity index is 5.45. The predicted molar refractivity (Wildman–Crippen MR) is 123 cm³/mol. The Morgan fingerprint density at radius 2 is 1.21 bits per heavy atom. The molecule has 0 aromatic rings. The second kappa shape index (κ2) is 16.1. The van der Waals surface area contributed by atoms with Crippen molar-refractivity contribution in [2.45, 2.75) is 49.9 Å². The topological polar surface area (TPSA) is 231 Å². The van der Waals surface area contributed by atoms with Crippen molar-refractivity contribution in [3.63, 3.8) is 0 Å². The Kier molecular flexibility index (Phi) is 14.9. The van der Waals surface area contributed by atoms with E-state index in [-0.39, 0.29) is 12.8 Å². The van der Waals surface area contributed by atoms with Gasteiger partial charge in [0.05, 0.1) is 18.9 Å². The van der Waals surface area contributed by atoms with Gasteiger partial charge in [-0.25, -0.2) is 4.79 Å². The van der Waals surface area contributed by atoms with Crippen LogP contribution in [-0.4, -0.2) is 94.0 Å². The molecule has 4 amide bonds. The number of nitrogens with two attached hydrogens (primary N) is 2. The molecule has 4 atom stereocenters. The molecule has 0 bridgehead atoms. The molecule has 0 rings (SSSR count). The van der Waals surface area contributed by atoms with Crippen LogP contribution in [0.3, 0.4) is 0 Å². The largest absolute Gasteiger partial charge is 0.481 e. The van der Waals surface area contributed by atoms with Crippen molar-refractivity contribution < 1.29 is 39.0 Å². The number of primary amides is 1. The number of hydrogen-bond donors (Lipinski definition) is 7. The van der Waals surface area contributed by atoms with Gasteiger partial charge in [0.1, 0.15) is 18.1 Å². The summed E-state index contributed by atoms with van der Waals surface area (Å²) < 4.78 is 0. The van der Waals surface area contributed by atoms with Crippen LogP contribution in [0.25, 0.3) is 0 Å². The third-order valence-electron chi connectivity index (χ3n) is 4.24. The summed E-state index contributed by atoms with van der Waals surface area (Å²) in [5, 5.41) is 25.0. The number of aliphatic carboxylic acids is 2. The first-order chi connectivity index (χ1) is 15.4. The molecule has 0 aromatic carbocycles. The normalized spacial score (nSPS) is 14.3. The van der Waals surface area contributed by atoms with Gasteiger partial charge in [-0.2, -0.15) is 23.5 Å². The number of amides is 4. The summed E-state index contributed by atoms with van der Waals surface area (Å²) in [6.45, 7) is 0. The molecule has 13 nitrogen and oxygen atoms in total. The van der Waals surface area contributed by atoms with E-state index in [4.69, 9.17) is 16.6 Å². The summed E-state index contributed by atoms with van der Waals surface area (Å²) in [4.78, 5) is 71.1. The number of carbonyl (C=O) groups excluding carboxylic acids is 4. The highest BCUT2D eigenvalue weighted by molar-refractivity contribution is 7.98. The van der Waals surface area contributed by atoms with Crippen LogP contribution in [0.5, 0.6) is 0 Å². The molecule has 0 spiro atoms. The molecule has 0 aliphatic carbocycles. The lowest BCUT2D eigenvalue weighted by Gasteiger charge is -2.24. The van der Waals surface area contributed by atoms with Crippen LogP contribution in [0.1, 0.15) is 25.7 Å². The first-order valence-electron chi connectivity index (χ1n) is 9.80. The SMILES string of the molecule is CSCCC(NC(=O)C(CC(N)=O)NC(=O)C(CCSC)NC(=O)C(N)CC(=O)O)C(=O)O. The third kappa shape index (κ3) is 12.9. The fourth-order valence-corrected chi connectivity index (χ4v) is 3.46. The van der Waals surface area contributed by atoms with E-state index in [2.05, 4.69) is 16.0 Å². The minimum absolute atomic E-state index is 0.118. The molecular formula is C18H31N5O8S2. The molecule has 0 aliphatic rings. The van der Waals surface area contributed by atoms with Crippen molar-refractivity contribution in [2.75, 3.05) is 24.0 Å². The Labute approximate surface area is 199 Å². The average molecular weight is 510 g/mol. The van der Waals surface area contributed by atoms with Crippen LogP contribution in [0.4, 0.5) is 0 Å². The third-order valence-corrected chi connectivity index (χ3v) is 5.53. The number of rotatable bonds is 17. The van der Waals surface area contributed by atoms with Gasteiger partial charge >= 0.3 is 11.9 Å². The summed E-state index contributed by atoms with van der Waals surface area (Å²) in [5.74, 6) is -5.25. The van der Waals surface area contributed by atoms with Crippen LogP contribution < -0.4 is 27.4 Å². The van der Waals surface area contributed by atoms with Gasteiger partial charge in [-0.3, -0.25) is 24.0 Å². The highest BCUT2D eigenvalue weighted by Gasteiger charge is 2.31. The van der Waals surface area contributed by atoms with Gasteiger partial charge in [0.25, 0.3) is 0 Å². The van der Waals surface area contributed by atoms with Gasteiger partial charge in [-0.05, 0) is 36.9 Å². The van der Waals surface area contributed by atoms with E-state index in [1.165, 1.54) is 23.5 Å². The zero-order valence-electron chi connectivity index (χ0n) is 18.4. The molecule has 15 heteroatoms. The van der Waals surface area contributed by atoms with Crippen LogP contribution in [-0.2, 0) is 28.8 Å². The van der Waals surface area contributed by atoms with Gasteiger partial charge in [0.2, 0.25) is 23.6 Å². The summed E-state index contributed by atoms with van der Waals surface area (Å²) in [7, 11) is 0. The van der Waals surface area contributed by atoms with Crippen molar-refractivity contribution in [3.8, 4) is 0 Å². The fourth-order valence-electron chi connectivity index (χ4n) is 2.51. The zero-order chi connectivity index (χ0) is 25.6. The summed E-state index contributed by atoms with van der Waals surface area (Å²) >= 11 is 2.75. The van der Waals surface area contributed by atoms with E-state index < -0.39 is 72.6 Å². The second-order valence-electron chi connectivity index (χ2n) is 6.96. The molecular weight excluding hydrogens is 478 g/mol. The Morgan fingerprint density at radius 1 is 0.758 bits per heavy atom. The Morgan fingerprint density at radius 3 is 1.67 bits per heavy atom. The molecule has 9 N–H and O–H groups in total. The van der Waals surface area contributed by atoms with Gasteiger partial charge in [0.15, 0.2) is 0 Å². The number of carbonyl (C=O) groups is 6. The van der Waals surface area contributed by atoms with Crippen LogP contribution >= 0.6 is 23.5 Å². The van der Waals surface area contributed by atoms with E-state index >= 15 is 0 Å². The van der Waals surface area contributed by atoms with Crippen molar-refractivity contribution in [1.29, 1.82) is 0 Å². The summed E-state index contributed by atoms with van der Waals surface area (Å²) in [6, 6.07) is -5.30. The zero-order valence-corrected chi connectivity index (χ0v) is 20.0. The van der Waals surface area contributed by atoms with Crippen LogP contribution in [0.2, 0.25) is 0 Å². The fraction of sp³-hybridized carbons (Fsp3) is 0.667. The molecule has 0 aliphatic heterocycles. The van der Waals surface area contributed by atoms with Gasteiger partial charge in [-0.15, -0.1) is 0 Å². The minimum Gasteiger partial charge on any atom is -0.481 e. The maximum atomic E-state index is 12.8.